The van der Waals surface area contributed by atoms with Crippen molar-refractivity contribution in [3.8, 4) is 0 Å². The molecule has 1 heterocycles. The summed E-state index contributed by atoms with van der Waals surface area (Å²) >= 11 is 0. The average Bonchev–Trinajstić information content (AvgIpc) is 2.52. The molecule has 2 aromatic rings. The first-order valence-corrected chi connectivity index (χ1v) is 5.94. The van der Waals surface area contributed by atoms with E-state index in [1.807, 2.05) is 26.8 Å². The molecule has 0 bridgehead atoms. The topological polar surface area (TPSA) is 44.0 Å². The highest BCUT2D eigenvalue weighted by Crippen LogP contribution is 2.23. The number of hydrogen-bond donors (Lipinski definition) is 0. The molecule has 0 spiro atoms. The Bertz CT molecular complexity index is 684. The Hall–Kier alpha value is -1.84. The van der Waals surface area contributed by atoms with Gasteiger partial charge in [0.25, 0.3) is 0 Å². The van der Waals surface area contributed by atoms with Gasteiger partial charge in [0.1, 0.15) is 0 Å². The lowest BCUT2D eigenvalue weighted by molar-refractivity contribution is 0.0858. The van der Waals surface area contributed by atoms with Crippen molar-refractivity contribution in [3.05, 3.63) is 34.2 Å². The van der Waals surface area contributed by atoms with Gasteiger partial charge < -0.3 is 0 Å². The van der Waals surface area contributed by atoms with E-state index in [1.54, 1.807) is 35.4 Å². The summed E-state index contributed by atoms with van der Waals surface area (Å²) in [7, 11) is 3.45. The molecule has 18 heavy (non-hydrogen) atoms. The van der Waals surface area contributed by atoms with Crippen molar-refractivity contribution in [2.75, 3.05) is 0 Å². The Labute approximate surface area is 106 Å². The zero-order valence-electron chi connectivity index (χ0n) is 11.4. The summed E-state index contributed by atoms with van der Waals surface area (Å²) in [6.07, 6.45) is 0. The largest absolute Gasteiger partial charge is 0.328 e. The van der Waals surface area contributed by atoms with Crippen LogP contribution >= 0.6 is 0 Å². The number of hydrogen-bond acceptors (Lipinski definition) is 2. The van der Waals surface area contributed by atoms with Crippen LogP contribution in [0.25, 0.3) is 11.0 Å². The lowest BCUT2D eigenvalue weighted by atomic mass is 9.86. The van der Waals surface area contributed by atoms with E-state index in [-0.39, 0.29) is 11.5 Å². The molecular weight excluding hydrogens is 228 g/mol. The van der Waals surface area contributed by atoms with E-state index in [0.717, 1.165) is 11.0 Å². The fourth-order valence-electron chi connectivity index (χ4n) is 2.08. The molecule has 4 heteroatoms. The zero-order chi connectivity index (χ0) is 13.7. The molecule has 0 fully saturated rings. The number of imidazole rings is 1. The molecule has 2 rings (SSSR count). The molecule has 0 aliphatic rings. The summed E-state index contributed by atoms with van der Waals surface area (Å²) in [5.41, 5.74) is 1.79. The summed E-state index contributed by atoms with van der Waals surface area (Å²) in [5.74, 6) is 0.0840. The minimum atomic E-state index is -0.415. The van der Waals surface area contributed by atoms with Crippen molar-refractivity contribution < 1.29 is 4.79 Å². The van der Waals surface area contributed by atoms with Crippen molar-refractivity contribution in [1.82, 2.24) is 9.13 Å². The fraction of sp³-hybridized carbons (Fsp3) is 0.429. The van der Waals surface area contributed by atoms with Crippen LogP contribution in [0.5, 0.6) is 0 Å². The van der Waals surface area contributed by atoms with Crippen LogP contribution in [0.2, 0.25) is 0 Å². The minimum absolute atomic E-state index is 0.0784. The highest BCUT2D eigenvalue weighted by molar-refractivity contribution is 6.02. The van der Waals surface area contributed by atoms with E-state index < -0.39 is 5.41 Å². The smallest absolute Gasteiger partial charge is 0.295 e. The van der Waals surface area contributed by atoms with Crippen LogP contribution in [0.3, 0.4) is 0 Å². The van der Waals surface area contributed by atoms with Gasteiger partial charge >= 0.3 is 5.69 Å². The van der Waals surface area contributed by atoms with E-state index in [4.69, 9.17) is 0 Å². The Morgan fingerprint density at radius 1 is 1.06 bits per heavy atom. The molecule has 1 aromatic carbocycles. The van der Waals surface area contributed by atoms with Crippen LogP contribution in [-0.2, 0) is 14.1 Å². The van der Waals surface area contributed by atoms with Gasteiger partial charge in [0.15, 0.2) is 5.78 Å². The quantitative estimate of drug-likeness (QED) is 0.723. The number of ketones is 1. The van der Waals surface area contributed by atoms with E-state index in [2.05, 4.69) is 0 Å². The monoisotopic (exact) mass is 246 g/mol. The fourth-order valence-corrected chi connectivity index (χ4v) is 2.08. The number of carbonyl (C=O) groups is 1. The second-order valence-corrected chi connectivity index (χ2v) is 5.68. The first kappa shape index (κ1) is 12.6. The van der Waals surface area contributed by atoms with Gasteiger partial charge in [0.2, 0.25) is 0 Å². The molecule has 4 nitrogen and oxygen atoms in total. The summed E-state index contributed by atoms with van der Waals surface area (Å²) in [5, 5.41) is 0. The van der Waals surface area contributed by atoms with E-state index in [1.165, 1.54) is 0 Å². The number of carbonyl (C=O) groups excluding carboxylic acids is 1. The minimum Gasteiger partial charge on any atom is -0.295 e. The van der Waals surface area contributed by atoms with E-state index in [9.17, 15) is 9.59 Å². The lowest BCUT2D eigenvalue weighted by Gasteiger charge is -2.16. The predicted molar refractivity (Wildman–Crippen MR) is 71.9 cm³/mol. The molecule has 0 amide bonds. The predicted octanol–water partition coefficient (Wildman–Crippen LogP) is 2.11. The molecule has 0 radical (unpaired) electrons. The van der Waals surface area contributed by atoms with Gasteiger partial charge in [0, 0.05) is 25.1 Å². The summed E-state index contributed by atoms with van der Waals surface area (Å²) in [6.45, 7) is 5.68. The van der Waals surface area contributed by atoms with Crippen molar-refractivity contribution in [2.45, 2.75) is 20.8 Å². The van der Waals surface area contributed by atoms with Crippen molar-refractivity contribution >= 4 is 16.8 Å². The lowest BCUT2D eigenvalue weighted by Crippen LogP contribution is -2.20. The normalized spacial score (nSPS) is 12.1. The Kier molecular flexibility index (Phi) is 2.69. The Balaban J connectivity index is 2.69. The summed E-state index contributed by atoms with van der Waals surface area (Å²) in [6, 6.07) is 5.41. The SMILES string of the molecule is Cn1c(=O)n(C)c2cc(C(=O)C(C)(C)C)ccc21. The molecule has 0 atom stereocenters. The molecule has 1 aromatic heterocycles. The third kappa shape index (κ3) is 1.78. The molecule has 0 saturated heterocycles. The van der Waals surface area contributed by atoms with Gasteiger partial charge in [-0.1, -0.05) is 20.8 Å². The van der Waals surface area contributed by atoms with Gasteiger partial charge in [-0.15, -0.1) is 0 Å². The number of aryl methyl sites for hydroxylation is 2. The molecule has 0 N–H and O–H groups in total. The second-order valence-electron chi connectivity index (χ2n) is 5.68. The van der Waals surface area contributed by atoms with Gasteiger partial charge in [-0.3, -0.25) is 13.9 Å². The number of aromatic nitrogens is 2. The van der Waals surface area contributed by atoms with E-state index >= 15 is 0 Å². The van der Waals surface area contributed by atoms with Gasteiger partial charge in [0.05, 0.1) is 11.0 Å². The number of nitrogens with zero attached hydrogens (tertiary/aromatic N) is 2. The maximum atomic E-state index is 12.2. The van der Waals surface area contributed by atoms with Crippen LogP contribution in [-0.4, -0.2) is 14.9 Å². The molecule has 0 saturated carbocycles. The Morgan fingerprint density at radius 2 is 1.61 bits per heavy atom. The number of fused-ring (bicyclic) bond motifs is 1. The molecule has 0 unspecified atom stereocenters. The maximum Gasteiger partial charge on any atom is 0.328 e. The third-order valence-electron chi connectivity index (χ3n) is 3.22. The molecule has 0 aliphatic heterocycles. The summed E-state index contributed by atoms with van der Waals surface area (Å²) in [4.78, 5) is 24.0. The second kappa shape index (κ2) is 3.83. The number of rotatable bonds is 1. The van der Waals surface area contributed by atoms with Crippen molar-refractivity contribution in [2.24, 2.45) is 19.5 Å². The van der Waals surface area contributed by atoms with Crippen LogP contribution in [0.4, 0.5) is 0 Å². The van der Waals surface area contributed by atoms with Crippen LogP contribution in [0.1, 0.15) is 31.1 Å². The zero-order valence-corrected chi connectivity index (χ0v) is 11.4. The molecule has 96 valence electrons. The highest BCUT2D eigenvalue weighted by Gasteiger charge is 2.23. The van der Waals surface area contributed by atoms with Gasteiger partial charge in [-0.25, -0.2) is 4.79 Å². The summed E-state index contributed by atoms with van der Waals surface area (Å²) < 4.78 is 3.15. The van der Waals surface area contributed by atoms with Crippen molar-refractivity contribution in [1.29, 1.82) is 0 Å². The van der Waals surface area contributed by atoms with E-state index in [0.29, 0.717) is 5.56 Å². The average molecular weight is 246 g/mol. The third-order valence-corrected chi connectivity index (χ3v) is 3.22. The Morgan fingerprint density at radius 3 is 2.17 bits per heavy atom. The first-order chi connectivity index (χ1) is 8.23. The maximum absolute atomic E-state index is 12.2. The number of Topliss-reactive ketones (excluding diaryl/α,β-unsaturated/α-hetero) is 1. The standard InChI is InChI=1S/C14H18N2O2/c1-14(2,3)12(17)9-6-7-10-11(8-9)16(5)13(18)15(10)4/h6-8H,1-5H3. The number of benzene rings is 1. The van der Waals surface area contributed by atoms with Crippen molar-refractivity contribution in [3.63, 3.8) is 0 Å². The van der Waals surface area contributed by atoms with Gasteiger partial charge in [-0.05, 0) is 18.2 Å². The first-order valence-electron chi connectivity index (χ1n) is 5.94. The molecular formula is C14H18N2O2. The van der Waals surface area contributed by atoms with Gasteiger partial charge in [-0.2, -0.15) is 0 Å². The van der Waals surface area contributed by atoms with Crippen LogP contribution < -0.4 is 5.69 Å². The van der Waals surface area contributed by atoms with Crippen LogP contribution in [0, 0.1) is 5.41 Å². The highest BCUT2D eigenvalue weighted by atomic mass is 16.1. The molecule has 0 aliphatic carbocycles. The van der Waals surface area contributed by atoms with Crippen LogP contribution in [0.15, 0.2) is 23.0 Å².